The summed E-state index contributed by atoms with van der Waals surface area (Å²) >= 11 is 0. The van der Waals surface area contributed by atoms with Gasteiger partial charge in [0, 0.05) is 36.5 Å². The number of nitrogens with zero attached hydrogens (tertiary/aromatic N) is 3. The molecule has 0 atom stereocenters. The highest BCUT2D eigenvalue weighted by Crippen LogP contribution is 2.37. The average Bonchev–Trinajstić information content (AvgIpc) is 3.29. The molecule has 0 saturated heterocycles. The molecule has 0 amide bonds. The van der Waals surface area contributed by atoms with E-state index in [-0.39, 0.29) is 19.8 Å². The van der Waals surface area contributed by atoms with Crippen molar-refractivity contribution in [3.63, 3.8) is 0 Å². The van der Waals surface area contributed by atoms with Crippen LogP contribution in [0.4, 0.5) is 0 Å². The molecule has 3 N–H and O–H groups in total. The molecule has 63 heavy (non-hydrogen) atoms. The second-order valence-corrected chi connectivity index (χ2v) is 17.4. The molecule has 0 spiro atoms. The van der Waals surface area contributed by atoms with E-state index in [0.717, 1.165) is 108 Å². The van der Waals surface area contributed by atoms with E-state index in [1.54, 1.807) is 0 Å². The van der Waals surface area contributed by atoms with Crippen LogP contribution in [0.1, 0.15) is 88.6 Å². The van der Waals surface area contributed by atoms with E-state index in [2.05, 4.69) is 151 Å². The van der Waals surface area contributed by atoms with Crippen molar-refractivity contribution in [1.82, 2.24) is 15.0 Å². The molecule has 0 fully saturated rings. The van der Waals surface area contributed by atoms with Gasteiger partial charge in [-0.15, -0.1) is 0 Å². The van der Waals surface area contributed by atoms with E-state index in [4.69, 9.17) is 15.0 Å². The standard InChI is InChI=1S/C57H63N3O3/c1-37-34-52(40(4)31-49(37)46-22-16-43(17-23-46)13-7-10-28-61)55-58-56(53-35-38(2)50(32-41(53)5)47-24-18-44(19-25-47)14-8-11-29-62)60-57(59-55)54-36-39(3)51(33-42(54)6)48-26-20-45(21-27-48)15-9-12-30-63/h16-27,31-36,61-63H,7-15,28-30H2,1-6H3. The number of aryl methyl sites for hydroxylation is 9. The fraction of sp³-hybridized carbons (Fsp3) is 0.316. The summed E-state index contributed by atoms with van der Waals surface area (Å²) in [5.41, 5.74) is 20.6. The minimum atomic E-state index is 0.232. The van der Waals surface area contributed by atoms with Gasteiger partial charge in [-0.2, -0.15) is 0 Å². The summed E-state index contributed by atoms with van der Waals surface area (Å²) < 4.78 is 0. The Hall–Kier alpha value is -5.79. The van der Waals surface area contributed by atoms with Crippen molar-refractivity contribution in [2.75, 3.05) is 19.8 Å². The smallest absolute Gasteiger partial charge is 0.164 e. The lowest BCUT2D eigenvalue weighted by Crippen LogP contribution is -2.04. The van der Waals surface area contributed by atoms with Gasteiger partial charge in [-0.3, -0.25) is 0 Å². The van der Waals surface area contributed by atoms with Crippen molar-refractivity contribution < 1.29 is 15.3 Å². The van der Waals surface area contributed by atoms with Crippen LogP contribution in [-0.4, -0.2) is 50.1 Å². The molecule has 6 nitrogen and oxygen atoms in total. The molecule has 1 aromatic heterocycles. The van der Waals surface area contributed by atoms with E-state index < -0.39 is 0 Å². The van der Waals surface area contributed by atoms with E-state index in [0.29, 0.717) is 17.5 Å². The molecule has 0 aliphatic rings. The van der Waals surface area contributed by atoms with Crippen LogP contribution in [0.5, 0.6) is 0 Å². The molecule has 1 heterocycles. The normalized spacial score (nSPS) is 11.4. The fourth-order valence-electron chi connectivity index (χ4n) is 8.72. The maximum Gasteiger partial charge on any atom is 0.164 e. The predicted molar refractivity (Wildman–Crippen MR) is 261 cm³/mol. The van der Waals surface area contributed by atoms with Gasteiger partial charge in [0.25, 0.3) is 0 Å². The Labute approximate surface area is 374 Å². The summed E-state index contributed by atoms with van der Waals surface area (Å²) in [7, 11) is 0. The minimum Gasteiger partial charge on any atom is -0.396 e. The first-order valence-electron chi connectivity index (χ1n) is 22.8. The summed E-state index contributed by atoms with van der Waals surface area (Å²) in [6.07, 6.45) is 8.29. The zero-order valence-electron chi connectivity index (χ0n) is 38.1. The molecule has 0 aliphatic carbocycles. The quantitative estimate of drug-likeness (QED) is 0.0745. The Balaban J connectivity index is 1.29. The van der Waals surface area contributed by atoms with Gasteiger partial charge in [-0.05, 0) is 201 Å². The fourth-order valence-corrected chi connectivity index (χ4v) is 8.72. The van der Waals surface area contributed by atoms with Crippen molar-refractivity contribution in [3.8, 4) is 67.5 Å². The monoisotopic (exact) mass is 837 g/mol. The van der Waals surface area contributed by atoms with E-state index in [1.807, 2.05) is 0 Å². The van der Waals surface area contributed by atoms with Crippen LogP contribution >= 0.6 is 0 Å². The van der Waals surface area contributed by atoms with Crippen molar-refractivity contribution in [1.29, 1.82) is 0 Å². The molecule has 0 unspecified atom stereocenters. The summed E-state index contributed by atoms with van der Waals surface area (Å²) in [6, 6.07) is 40.0. The number of unbranched alkanes of at least 4 members (excludes halogenated alkanes) is 3. The molecule has 7 rings (SSSR count). The molecule has 0 saturated carbocycles. The Bertz CT molecular complexity index is 2340. The van der Waals surface area contributed by atoms with Crippen molar-refractivity contribution in [2.45, 2.75) is 99.3 Å². The van der Waals surface area contributed by atoms with Gasteiger partial charge in [0.2, 0.25) is 0 Å². The summed E-state index contributed by atoms with van der Waals surface area (Å²) in [4.78, 5) is 15.8. The van der Waals surface area contributed by atoms with Crippen molar-refractivity contribution >= 4 is 0 Å². The van der Waals surface area contributed by atoms with Crippen LogP contribution in [0.3, 0.4) is 0 Å². The predicted octanol–water partition coefficient (Wildman–Crippen LogP) is 12.7. The number of benzene rings is 6. The zero-order chi connectivity index (χ0) is 44.5. The Morgan fingerprint density at radius 3 is 0.762 bits per heavy atom. The Morgan fingerprint density at radius 1 is 0.302 bits per heavy atom. The van der Waals surface area contributed by atoms with Crippen LogP contribution < -0.4 is 0 Å². The maximum absolute atomic E-state index is 9.23. The Kier molecular flexibility index (Phi) is 15.1. The third kappa shape index (κ3) is 10.9. The molecule has 0 aliphatic heterocycles. The number of hydrogen-bond acceptors (Lipinski definition) is 6. The first-order chi connectivity index (χ1) is 30.6. The largest absolute Gasteiger partial charge is 0.396 e. The number of hydrogen-bond donors (Lipinski definition) is 3. The second kappa shape index (κ2) is 21.1. The van der Waals surface area contributed by atoms with Crippen molar-refractivity contribution in [2.24, 2.45) is 0 Å². The molecule has 0 bridgehead atoms. The van der Waals surface area contributed by atoms with Gasteiger partial charge >= 0.3 is 0 Å². The van der Waals surface area contributed by atoms with Crippen LogP contribution in [0.15, 0.2) is 109 Å². The van der Waals surface area contributed by atoms with Crippen LogP contribution in [0.25, 0.3) is 67.5 Å². The van der Waals surface area contributed by atoms with Gasteiger partial charge < -0.3 is 15.3 Å². The number of aliphatic hydroxyl groups excluding tert-OH is 3. The maximum atomic E-state index is 9.23. The zero-order valence-corrected chi connectivity index (χ0v) is 38.1. The molecular weight excluding hydrogens is 775 g/mol. The molecule has 7 aromatic rings. The van der Waals surface area contributed by atoms with E-state index in [1.165, 1.54) is 50.1 Å². The SMILES string of the molecule is Cc1cc(-c2nc(-c3cc(C)c(-c4ccc(CCCCO)cc4)cc3C)nc(-c3cc(C)c(-c4ccc(CCCCO)cc4)cc3C)n2)c(C)cc1-c1ccc(CCCCO)cc1. The first kappa shape index (κ1) is 45.2. The highest BCUT2D eigenvalue weighted by atomic mass is 16.3. The lowest BCUT2D eigenvalue weighted by atomic mass is 9.92. The van der Waals surface area contributed by atoms with Crippen LogP contribution in [0.2, 0.25) is 0 Å². The lowest BCUT2D eigenvalue weighted by Gasteiger charge is -2.17. The van der Waals surface area contributed by atoms with Gasteiger partial charge in [-0.25, -0.2) is 15.0 Å². The van der Waals surface area contributed by atoms with E-state index in [9.17, 15) is 15.3 Å². The highest BCUT2D eigenvalue weighted by Gasteiger charge is 2.20. The molecule has 324 valence electrons. The van der Waals surface area contributed by atoms with Crippen molar-refractivity contribution in [3.05, 3.63) is 159 Å². The van der Waals surface area contributed by atoms with E-state index >= 15 is 0 Å². The van der Waals surface area contributed by atoms with Gasteiger partial charge in [0.1, 0.15) is 0 Å². The molecule has 0 radical (unpaired) electrons. The second-order valence-electron chi connectivity index (χ2n) is 17.4. The van der Waals surface area contributed by atoms with Gasteiger partial charge in [0.05, 0.1) is 0 Å². The van der Waals surface area contributed by atoms with Gasteiger partial charge in [-0.1, -0.05) is 91.0 Å². The van der Waals surface area contributed by atoms with Crippen LogP contribution in [0, 0.1) is 41.5 Å². The average molecular weight is 838 g/mol. The van der Waals surface area contributed by atoms with Gasteiger partial charge in [0.15, 0.2) is 17.5 Å². The summed E-state index contributed by atoms with van der Waals surface area (Å²) in [6.45, 7) is 13.6. The lowest BCUT2D eigenvalue weighted by molar-refractivity contribution is 0.284. The highest BCUT2D eigenvalue weighted by molar-refractivity contribution is 5.80. The third-order valence-electron chi connectivity index (χ3n) is 12.5. The first-order valence-corrected chi connectivity index (χ1v) is 22.8. The molecular formula is C57H63N3O3. The summed E-state index contributed by atoms with van der Waals surface area (Å²) in [5.74, 6) is 1.95. The molecule has 6 heteroatoms. The summed E-state index contributed by atoms with van der Waals surface area (Å²) in [5, 5.41) is 27.7. The molecule has 6 aromatic carbocycles. The Morgan fingerprint density at radius 2 is 0.524 bits per heavy atom. The number of aliphatic hydroxyl groups is 3. The number of aromatic nitrogens is 3. The third-order valence-corrected chi connectivity index (χ3v) is 12.5. The van der Waals surface area contributed by atoms with Crippen LogP contribution in [-0.2, 0) is 19.3 Å². The topological polar surface area (TPSA) is 99.4 Å². The number of rotatable bonds is 18. The minimum absolute atomic E-state index is 0.232.